The van der Waals surface area contributed by atoms with Crippen molar-refractivity contribution >= 4 is 39.1 Å². The summed E-state index contributed by atoms with van der Waals surface area (Å²) in [6.45, 7) is 32.7. The van der Waals surface area contributed by atoms with Gasteiger partial charge in [-0.15, -0.1) is 36.4 Å². The normalized spacial score (nSPS) is 12.0. The standard InChI is InChI=1S/2C15H20F2NO.2C8H15Si.Ti/c2*1-5-6-9-18(15(3,4)11(2)19)14-8-7-12(16)10-13(14)17;2*1-5-6-7-8-9(2,3)4;/h2*7-8H,5-6,9H2,1-4H3;2*5-7H,1-4H3;/q4*-1;+4/b;;2*6-5+;. The molecule has 4 nitrogen and oxygen atoms in total. The summed E-state index contributed by atoms with van der Waals surface area (Å²) in [7, 11) is -2.10. The molecule has 0 atom stereocenters. The van der Waals surface area contributed by atoms with Crippen LogP contribution in [0.1, 0.15) is 94.9 Å². The van der Waals surface area contributed by atoms with Crippen LogP contribution in [0.4, 0.5) is 28.9 Å². The molecule has 0 fully saturated rings. The van der Waals surface area contributed by atoms with Crippen molar-refractivity contribution in [2.45, 2.75) is 145 Å². The van der Waals surface area contributed by atoms with Gasteiger partial charge in [0.05, 0.1) is 11.1 Å². The van der Waals surface area contributed by atoms with Gasteiger partial charge in [0.2, 0.25) is 0 Å². The Hall–Kier alpha value is -2.79. The van der Waals surface area contributed by atoms with Crippen molar-refractivity contribution < 1.29 is 48.9 Å². The second kappa shape index (κ2) is 28.6. The number of hydrogen-bond acceptors (Lipinski definition) is 4. The van der Waals surface area contributed by atoms with E-state index < -0.39 is 50.5 Å². The second-order valence-electron chi connectivity index (χ2n) is 16.4. The molecule has 0 aliphatic heterocycles. The number of Topliss-reactive ketones (excluding diaryl/α,β-unsaturated/α-hetero) is 2. The van der Waals surface area contributed by atoms with Gasteiger partial charge in [0, 0.05) is 36.4 Å². The zero-order chi connectivity index (χ0) is 43.9. The van der Waals surface area contributed by atoms with Crippen LogP contribution in [-0.4, -0.2) is 51.9 Å². The van der Waals surface area contributed by atoms with Crippen LogP contribution < -0.4 is 9.80 Å². The van der Waals surface area contributed by atoms with Crippen LogP contribution >= 0.6 is 0 Å². The maximum absolute atomic E-state index is 13.9. The van der Waals surface area contributed by atoms with E-state index in [1.165, 1.54) is 26.0 Å². The van der Waals surface area contributed by atoms with Crippen molar-refractivity contribution in [1.29, 1.82) is 0 Å². The Kier molecular flexibility index (Phi) is 29.4. The fourth-order valence-electron chi connectivity index (χ4n) is 4.49. The fraction of sp³-hybridized carbons (Fsp3) is 0.522. The van der Waals surface area contributed by atoms with Gasteiger partial charge in [0.1, 0.15) is 0 Å². The molecular formula is C46H70F4N2O2Si2Ti. The van der Waals surface area contributed by atoms with Gasteiger partial charge >= 0.3 is 21.7 Å². The van der Waals surface area contributed by atoms with E-state index in [1.807, 2.05) is 76.3 Å². The van der Waals surface area contributed by atoms with Crippen LogP contribution in [-0.2, 0) is 31.3 Å². The fourth-order valence-corrected chi connectivity index (χ4v) is 5.68. The van der Waals surface area contributed by atoms with E-state index >= 15 is 0 Å². The number of hydrogen-bond donors (Lipinski definition) is 0. The number of allylic oxidation sites excluding steroid dienone is 6. The molecule has 0 N–H and O–H groups in total. The van der Waals surface area contributed by atoms with Crippen LogP contribution in [0, 0.1) is 46.8 Å². The molecular weight excluding hydrogens is 793 g/mol. The quantitative estimate of drug-likeness (QED) is 0.0730. The summed E-state index contributed by atoms with van der Waals surface area (Å²) < 4.78 is 53.6. The van der Waals surface area contributed by atoms with E-state index in [2.05, 4.69) is 50.7 Å². The van der Waals surface area contributed by atoms with Crippen LogP contribution in [0.25, 0.3) is 0 Å². The zero-order valence-electron chi connectivity index (χ0n) is 37.7. The van der Waals surface area contributed by atoms with Crippen LogP contribution in [0.5, 0.6) is 0 Å². The number of carbonyl (C=O) groups is 2. The Bertz CT molecular complexity index is 1480. The summed E-state index contributed by atoms with van der Waals surface area (Å²) in [6.07, 6.45) is 15.6. The smallest absolute Gasteiger partial charge is 0.410 e. The average molecular weight is 863 g/mol. The van der Waals surface area contributed by atoms with E-state index in [1.54, 1.807) is 37.5 Å². The molecule has 2 aromatic carbocycles. The van der Waals surface area contributed by atoms with Crippen molar-refractivity contribution in [1.82, 2.24) is 0 Å². The Morgan fingerprint density at radius 1 is 0.649 bits per heavy atom. The number of halogens is 4. The predicted molar refractivity (Wildman–Crippen MR) is 236 cm³/mol. The molecule has 0 amide bonds. The Balaban J connectivity index is -0.000000720. The molecule has 11 heteroatoms. The van der Waals surface area contributed by atoms with Crippen LogP contribution in [0.15, 0.2) is 60.7 Å². The van der Waals surface area contributed by atoms with E-state index in [4.69, 9.17) is 0 Å². The van der Waals surface area contributed by atoms with Gasteiger partial charge in [-0.25, -0.2) is 41.9 Å². The first-order chi connectivity index (χ1) is 25.7. The molecule has 0 aromatic heterocycles. The molecule has 0 saturated carbocycles. The number of nitrogens with zero attached hydrogens (tertiary/aromatic N) is 2. The third-order valence-corrected chi connectivity index (χ3v) is 10.5. The summed E-state index contributed by atoms with van der Waals surface area (Å²) in [5.41, 5.74) is 5.47. The van der Waals surface area contributed by atoms with Gasteiger partial charge in [-0.05, 0) is 81.9 Å². The summed E-state index contributed by atoms with van der Waals surface area (Å²) in [4.78, 5) is 26.9. The molecule has 0 saturated heterocycles. The van der Waals surface area contributed by atoms with Gasteiger partial charge in [0.15, 0.2) is 11.6 Å². The molecule has 2 aromatic rings. The molecule has 0 spiro atoms. The number of ketones is 2. The number of benzene rings is 2. The van der Waals surface area contributed by atoms with Crippen LogP contribution in [0.2, 0.25) is 39.3 Å². The van der Waals surface area contributed by atoms with Crippen LogP contribution in [0.3, 0.4) is 0 Å². The third kappa shape index (κ3) is 24.7. The van der Waals surface area contributed by atoms with Crippen molar-refractivity contribution in [3.63, 3.8) is 0 Å². The number of carbonyl (C=O) groups excluding carboxylic acids is 2. The van der Waals surface area contributed by atoms with Gasteiger partial charge in [-0.1, -0.05) is 79.8 Å². The van der Waals surface area contributed by atoms with Crippen molar-refractivity contribution in [2.75, 3.05) is 22.9 Å². The maximum atomic E-state index is 13.9. The topological polar surface area (TPSA) is 40.6 Å². The summed E-state index contributed by atoms with van der Waals surface area (Å²) in [6, 6.07) is 9.09. The molecule has 57 heavy (non-hydrogen) atoms. The Labute approximate surface area is 361 Å². The molecule has 0 unspecified atom stereocenters. The van der Waals surface area contributed by atoms with Crippen molar-refractivity contribution in [3.8, 4) is 0 Å². The van der Waals surface area contributed by atoms with Gasteiger partial charge < -0.3 is 9.80 Å². The van der Waals surface area contributed by atoms with Gasteiger partial charge in [-0.3, -0.25) is 21.0 Å². The minimum absolute atomic E-state index is 0. The number of unbranched alkanes of at least 4 members (excludes halogenated alkanes) is 2. The van der Waals surface area contributed by atoms with Crippen molar-refractivity contribution in [3.05, 3.63) is 108 Å². The van der Waals surface area contributed by atoms with E-state index in [9.17, 15) is 27.2 Å². The summed E-state index contributed by atoms with van der Waals surface area (Å²) in [5.74, 6) is -3.12. The Morgan fingerprint density at radius 3 is 1.16 bits per heavy atom. The van der Waals surface area contributed by atoms with E-state index in [0.29, 0.717) is 13.1 Å². The SMILES string of the molecule is C/C=C/C=[C-][Si](C)(C)C.C/C=C/C=[C-][Si](C)(C)C.CCCCN(c1ccc(F)[c-]c1F)C(C)(C)C(C)=O.CCCCN(c1ccc(F)[c-]c1F)C(C)(C)C(C)=O.[Ti+4]. The van der Waals surface area contributed by atoms with Crippen molar-refractivity contribution in [2.24, 2.45) is 0 Å². The average Bonchev–Trinajstić information content (AvgIpc) is 3.06. The van der Waals surface area contributed by atoms with Gasteiger partial charge in [-0.2, -0.15) is 12.2 Å². The van der Waals surface area contributed by atoms with E-state index in [-0.39, 0.29) is 44.7 Å². The number of rotatable bonds is 16. The summed E-state index contributed by atoms with van der Waals surface area (Å²) in [5, 5.41) is 0. The Morgan fingerprint density at radius 2 is 0.947 bits per heavy atom. The first kappa shape index (κ1) is 58.5. The molecule has 0 heterocycles. The largest absolute Gasteiger partial charge is 4.00 e. The maximum Gasteiger partial charge on any atom is 4.00 e. The second-order valence-corrected chi connectivity index (χ2v) is 26.0. The molecule has 316 valence electrons. The molecule has 0 aliphatic rings. The van der Waals surface area contributed by atoms with E-state index in [0.717, 1.165) is 37.8 Å². The summed E-state index contributed by atoms with van der Waals surface area (Å²) >= 11 is 0. The molecule has 0 bridgehead atoms. The zero-order valence-corrected chi connectivity index (χ0v) is 41.3. The first-order valence-corrected chi connectivity index (χ1v) is 26.5. The number of anilines is 2. The molecule has 0 radical (unpaired) electrons. The third-order valence-electron chi connectivity index (χ3n) is 8.42. The minimum atomic E-state index is -1.05. The molecule has 0 aliphatic carbocycles. The molecule has 2 rings (SSSR count). The first-order valence-electron chi connectivity index (χ1n) is 19.5. The van der Waals surface area contributed by atoms with Gasteiger partial charge in [0.25, 0.3) is 0 Å². The monoisotopic (exact) mass is 862 g/mol. The predicted octanol–water partition coefficient (Wildman–Crippen LogP) is 13.1. The minimum Gasteiger partial charge on any atom is -0.410 e.